The molecule has 0 aromatic heterocycles. The van der Waals surface area contributed by atoms with Crippen LogP contribution in [0, 0.1) is 23.7 Å². The molecule has 1 heterocycles. The van der Waals surface area contributed by atoms with Crippen LogP contribution in [-0.2, 0) is 9.59 Å². The minimum absolute atomic E-state index is 0.0303. The maximum atomic E-state index is 12.9. The van der Waals surface area contributed by atoms with Crippen molar-refractivity contribution in [3.63, 3.8) is 0 Å². The highest BCUT2D eigenvalue weighted by Crippen LogP contribution is 2.60. The summed E-state index contributed by atoms with van der Waals surface area (Å²) < 4.78 is 0. The van der Waals surface area contributed by atoms with E-state index in [1.54, 1.807) is 0 Å². The highest BCUT2D eigenvalue weighted by atomic mass is 79.9. The van der Waals surface area contributed by atoms with Crippen molar-refractivity contribution in [2.24, 2.45) is 23.7 Å². The molecule has 3 nitrogen and oxygen atoms in total. The van der Waals surface area contributed by atoms with E-state index in [9.17, 15) is 9.59 Å². The average Bonchev–Trinajstić information content (AvgIpc) is 3.13. The van der Waals surface area contributed by atoms with Crippen LogP contribution < -0.4 is 0 Å². The van der Waals surface area contributed by atoms with Crippen molar-refractivity contribution in [3.8, 4) is 0 Å². The van der Waals surface area contributed by atoms with Gasteiger partial charge in [-0.05, 0) is 30.7 Å². The Bertz CT molecular complexity index is 603. The summed E-state index contributed by atoms with van der Waals surface area (Å²) in [6, 6.07) is 9.62. The number of hydrogen-bond donors (Lipinski definition) is 0. The molecule has 7 atom stereocenters. The van der Waals surface area contributed by atoms with Gasteiger partial charge < -0.3 is 0 Å². The lowest BCUT2D eigenvalue weighted by atomic mass is 9.81. The van der Waals surface area contributed by atoms with Gasteiger partial charge in [-0.2, -0.15) is 0 Å². The predicted molar refractivity (Wildman–Crippen MR) is 90.7 cm³/mol. The van der Waals surface area contributed by atoms with E-state index >= 15 is 0 Å². The summed E-state index contributed by atoms with van der Waals surface area (Å²) in [5, 5.41) is 0. The lowest BCUT2D eigenvalue weighted by Gasteiger charge is -2.28. The van der Waals surface area contributed by atoms with Gasteiger partial charge >= 0.3 is 0 Å². The predicted octanol–water partition coefficient (Wildman–Crippen LogP) is 3.53. The quantitative estimate of drug-likeness (QED) is 0.535. The summed E-state index contributed by atoms with van der Waals surface area (Å²) in [5.41, 5.74) is 1.02. The second kappa shape index (κ2) is 5.17. The smallest absolute Gasteiger partial charge is 0.233 e. The fraction of sp³-hybridized carbons (Fsp3) is 0.529. The number of fused-ring (bicyclic) bond motifs is 5. The lowest BCUT2D eigenvalue weighted by Crippen LogP contribution is -2.37. The third-order valence-corrected chi connectivity index (χ3v) is 8.90. The lowest BCUT2D eigenvalue weighted by molar-refractivity contribution is -0.143. The Kier molecular flexibility index (Phi) is 3.49. The fourth-order valence-electron chi connectivity index (χ4n) is 4.63. The van der Waals surface area contributed by atoms with Crippen LogP contribution in [0.15, 0.2) is 30.3 Å². The highest BCUT2D eigenvalue weighted by Gasteiger charge is 2.66. The van der Waals surface area contributed by atoms with Crippen molar-refractivity contribution in [2.75, 3.05) is 0 Å². The van der Waals surface area contributed by atoms with Gasteiger partial charge in [-0.15, -0.1) is 0 Å². The van der Waals surface area contributed by atoms with Crippen molar-refractivity contribution in [1.29, 1.82) is 0 Å². The maximum absolute atomic E-state index is 12.9. The van der Waals surface area contributed by atoms with Gasteiger partial charge in [0, 0.05) is 9.65 Å². The molecule has 5 heteroatoms. The molecule has 1 saturated heterocycles. The van der Waals surface area contributed by atoms with E-state index in [4.69, 9.17) is 0 Å². The molecular weight excluding hydrogens is 410 g/mol. The van der Waals surface area contributed by atoms with Gasteiger partial charge in [0.05, 0.1) is 17.9 Å². The first-order chi connectivity index (χ1) is 10.5. The van der Waals surface area contributed by atoms with Crippen LogP contribution >= 0.6 is 31.9 Å². The molecule has 0 N–H and O–H groups in total. The van der Waals surface area contributed by atoms with E-state index in [-0.39, 0.29) is 41.5 Å². The number of nitrogens with zero attached hydrogens (tertiary/aromatic N) is 1. The zero-order valence-electron chi connectivity index (χ0n) is 12.2. The highest BCUT2D eigenvalue weighted by molar-refractivity contribution is 9.12. The van der Waals surface area contributed by atoms with Crippen LogP contribution in [0.1, 0.15) is 24.9 Å². The number of alkyl halides is 2. The summed E-state index contributed by atoms with van der Waals surface area (Å²) in [4.78, 5) is 28.0. The molecule has 3 fully saturated rings. The van der Waals surface area contributed by atoms with Gasteiger partial charge in [-0.1, -0.05) is 62.2 Å². The molecule has 3 aliphatic rings. The van der Waals surface area contributed by atoms with Crippen molar-refractivity contribution in [1.82, 2.24) is 4.90 Å². The molecule has 4 rings (SSSR count). The third-order valence-electron chi connectivity index (χ3n) is 5.69. The first kappa shape index (κ1) is 14.9. The number of amides is 2. The minimum Gasteiger partial charge on any atom is -0.275 e. The number of likely N-dealkylation sites (tertiary alicyclic amines) is 1. The van der Waals surface area contributed by atoms with Crippen LogP contribution in [0.5, 0.6) is 0 Å². The van der Waals surface area contributed by atoms with Crippen molar-refractivity contribution < 1.29 is 9.59 Å². The largest absolute Gasteiger partial charge is 0.275 e. The van der Waals surface area contributed by atoms with Crippen LogP contribution in [0.3, 0.4) is 0 Å². The Morgan fingerprint density at radius 3 is 2.00 bits per heavy atom. The summed E-state index contributed by atoms with van der Waals surface area (Å²) in [6.07, 6.45) is 0.978. The van der Waals surface area contributed by atoms with Crippen LogP contribution in [0.25, 0.3) is 0 Å². The van der Waals surface area contributed by atoms with Crippen LogP contribution in [-0.4, -0.2) is 26.4 Å². The van der Waals surface area contributed by atoms with Crippen LogP contribution in [0.2, 0.25) is 0 Å². The SMILES string of the molecule is C[C@H](c1ccccc1)N1C(=O)[C@@H]2[C@H]3C[C@@H]([C@H](Br)[C@H]3Br)[C@@H]2C1=O. The number of rotatable bonds is 2. The zero-order chi connectivity index (χ0) is 15.6. The Morgan fingerprint density at radius 2 is 1.50 bits per heavy atom. The Morgan fingerprint density at radius 1 is 1.00 bits per heavy atom. The zero-order valence-corrected chi connectivity index (χ0v) is 15.3. The molecule has 0 radical (unpaired) electrons. The van der Waals surface area contributed by atoms with Gasteiger partial charge in [0.2, 0.25) is 11.8 Å². The first-order valence-electron chi connectivity index (χ1n) is 7.72. The van der Waals surface area contributed by atoms with Gasteiger partial charge in [0.25, 0.3) is 0 Å². The van der Waals surface area contributed by atoms with Crippen molar-refractivity contribution >= 4 is 43.7 Å². The molecule has 1 aliphatic heterocycles. The second-order valence-electron chi connectivity index (χ2n) is 6.64. The van der Waals surface area contributed by atoms with Crippen LogP contribution in [0.4, 0.5) is 0 Å². The standard InChI is InChI=1S/C17H17Br2NO2/c1-8(9-5-3-2-4-6-9)20-16(21)12-10-7-11(13(12)17(20)22)15(19)14(10)18/h2-6,8,10-15H,7H2,1H3/t8-,10-,11-,12-,13+,14+,15+/m1/s1. The molecular formula is C17H17Br2NO2. The van der Waals surface area contributed by atoms with E-state index in [2.05, 4.69) is 31.9 Å². The number of hydrogen-bond acceptors (Lipinski definition) is 2. The summed E-state index contributed by atoms with van der Waals surface area (Å²) in [6.45, 7) is 1.95. The number of carbonyl (C=O) groups is 2. The molecule has 2 bridgehead atoms. The second-order valence-corrected chi connectivity index (χ2v) is 8.75. The topological polar surface area (TPSA) is 37.4 Å². The molecule has 0 unspecified atom stereocenters. The first-order valence-corrected chi connectivity index (χ1v) is 9.55. The molecule has 2 aliphatic carbocycles. The van der Waals surface area contributed by atoms with E-state index in [1.165, 1.54) is 4.90 Å². The molecule has 1 aromatic rings. The Balaban J connectivity index is 1.67. The van der Waals surface area contributed by atoms with Gasteiger partial charge in [-0.3, -0.25) is 14.5 Å². The van der Waals surface area contributed by atoms with E-state index in [0.717, 1.165) is 12.0 Å². The van der Waals surface area contributed by atoms with Crippen molar-refractivity contribution in [3.05, 3.63) is 35.9 Å². The van der Waals surface area contributed by atoms with Gasteiger partial charge in [0.15, 0.2) is 0 Å². The summed E-state index contributed by atoms with van der Waals surface area (Å²) >= 11 is 7.44. The number of benzene rings is 1. The molecule has 22 heavy (non-hydrogen) atoms. The van der Waals surface area contributed by atoms with E-state index in [1.807, 2.05) is 37.3 Å². The summed E-state index contributed by atoms with van der Waals surface area (Å²) in [5.74, 6) is 0.377. The van der Waals surface area contributed by atoms with Gasteiger partial charge in [0.1, 0.15) is 0 Å². The monoisotopic (exact) mass is 425 g/mol. The third kappa shape index (κ3) is 1.84. The van der Waals surface area contributed by atoms with E-state index in [0.29, 0.717) is 9.65 Å². The van der Waals surface area contributed by atoms with E-state index < -0.39 is 0 Å². The molecule has 1 aromatic carbocycles. The molecule has 0 spiro atoms. The number of imide groups is 1. The van der Waals surface area contributed by atoms with Gasteiger partial charge in [-0.25, -0.2) is 0 Å². The number of halogens is 2. The molecule has 2 amide bonds. The summed E-state index contributed by atoms with van der Waals surface area (Å²) in [7, 11) is 0. The maximum Gasteiger partial charge on any atom is 0.233 e. The Labute approximate surface area is 146 Å². The normalized spacial score (nSPS) is 41.1. The average molecular weight is 427 g/mol. The van der Waals surface area contributed by atoms with Crippen molar-refractivity contribution in [2.45, 2.75) is 29.0 Å². The molecule has 2 saturated carbocycles. The molecule has 116 valence electrons. The Hall–Kier alpha value is -0.680. The fourth-order valence-corrected chi connectivity index (χ4v) is 6.51. The number of carbonyl (C=O) groups excluding carboxylic acids is 2. The minimum atomic E-state index is -0.186.